The van der Waals surface area contributed by atoms with Crippen LogP contribution in [0.4, 0.5) is 0 Å². The lowest BCUT2D eigenvalue weighted by Gasteiger charge is -2.01. The maximum atomic E-state index is 11.3. The molecule has 0 spiro atoms. The van der Waals surface area contributed by atoms with Gasteiger partial charge in [-0.2, -0.15) is 0 Å². The van der Waals surface area contributed by atoms with E-state index in [0.29, 0.717) is 6.61 Å². The standard InChI is InChI=1S/C9H14O4/c1-4-13-8(12)6-5(7(10)11)9(6,2)3/h5-6H,4H2,1-3H3,(H,10,11)/t5-,6-/m1/s1. The van der Waals surface area contributed by atoms with Gasteiger partial charge in [-0.1, -0.05) is 13.8 Å². The molecule has 1 saturated carbocycles. The van der Waals surface area contributed by atoms with Crippen LogP contribution in [0, 0.1) is 17.3 Å². The number of carbonyl (C=O) groups is 2. The first-order valence-electron chi connectivity index (χ1n) is 4.32. The first kappa shape index (κ1) is 10.0. The molecule has 0 bridgehead atoms. The third-order valence-corrected chi connectivity index (χ3v) is 2.63. The average molecular weight is 186 g/mol. The fourth-order valence-corrected chi connectivity index (χ4v) is 1.77. The fourth-order valence-electron chi connectivity index (χ4n) is 1.77. The Morgan fingerprint density at radius 2 is 1.92 bits per heavy atom. The highest BCUT2D eigenvalue weighted by Gasteiger charge is 2.66. The molecule has 4 nitrogen and oxygen atoms in total. The van der Waals surface area contributed by atoms with Crippen molar-refractivity contribution >= 4 is 11.9 Å². The van der Waals surface area contributed by atoms with E-state index in [0.717, 1.165) is 0 Å². The molecule has 13 heavy (non-hydrogen) atoms. The summed E-state index contributed by atoms with van der Waals surface area (Å²) in [7, 11) is 0. The zero-order valence-corrected chi connectivity index (χ0v) is 8.03. The van der Waals surface area contributed by atoms with E-state index < -0.39 is 23.2 Å². The van der Waals surface area contributed by atoms with Crippen molar-refractivity contribution in [2.75, 3.05) is 6.61 Å². The quantitative estimate of drug-likeness (QED) is 0.665. The minimum Gasteiger partial charge on any atom is -0.481 e. The molecule has 1 N–H and O–H groups in total. The predicted octanol–water partition coefficient (Wildman–Crippen LogP) is 0.906. The molecule has 0 aromatic heterocycles. The van der Waals surface area contributed by atoms with Crippen molar-refractivity contribution in [3.63, 3.8) is 0 Å². The van der Waals surface area contributed by atoms with Gasteiger partial charge in [0.25, 0.3) is 0 Å². The van der Waals surface area contributed by atoms with Crippen LogP contribution in [0.25, 0.3) is 0 Å². The molecule has 74 valence electrons. The normalized spacial score (nSPS) is 29.5. The van der Waals surface area contributed by atoms with E-state index in [1.165, 1.54) is 0 Å². The van der Waals surface area contributed by atoms with E-state index in [2.05, 4.69) is 0 Å². The van der Waals surface area contributed by atoms with Crippen LogP contribution >= 0.6 is 0 Å². The lowest BCUT2D eigenvalue weighted by Crippen LogP contribution is -2.11. The van der Waals surface area contributed by atoms with Gasteiger partial charge in [0.05, 0.1) is 18.4 Å². The summed E-state index contributed by atoms with van der Waals surface area (Å²) in [6.45, 7) is 5.56. The predicted molar refractivity (Wildman–Crippen MR) is 45.0 cm³/mol. The summed E-state index contributed by atoms with van der Waals surface area (Å²) in [6.07, 6.45) is 0. The Bertz CT molecular complexity index is 244. The van der Waals surface area contributed by atoms with E-state index in [1.54, 1.807) is 20.8 Å². The summed E-state index contributed by atoms with van der Waals surface area (Å²) >= 11 is 0. The average Bonchev–Trinajstić information content (AvgIpc) is 2.54. The zero-order valence-electron chi connectivity index (χ0n) is 8.03. The van der Waals surface area contributed by atoms with Gasteiger partial charge in [0.15, 0.2) is 0 Å². The van der Waals surface area contributed by atoms with Crippen LogP contribution in [-0.2, 0) is 14.3 Å². The molecule has 0 amide bonds. The van der Waals surface area contributed by atoms with Crippen LogP contribution < -0.4 is 0 Å². The highest BCUT2D eigenvalue weighted by atomic mass is 16.5. The first-order valence-corrected chi connectivity index (χ1v) is 4.32. The fraction of sp³-hybridized carbons (Fsp3) is 0.778. The third kappa shape index (κ3) is 1.53. The third-order valence-electron chi connectivity index (χ3n) is 2.63. The Balaban J connectivity index is 2.65. The molecule has 1 rings (SSSR count). The lowest BCUT2D eigenvalue weighted by atomic mass is 10.1. The largest absolute Gasteiger partial charge is 0.481 e. The number of carbonyl (C=O) groups excluding carboxylic acids is 1. The zero-order chi connectivity index (χ0) is 10.2. The number of esters is 1. The smallest absolute Gasteiger partial charge is 0.310 e. The monoisotopic (exact) mass is 186 g/mol. The molecule has 0 radical (unpaired) electrons. The molecule has 0 aromatic carbocycles. The van der Waals surface area contributed by atoms with E-state index >= 15 is 0 Å². The van der Waals surface area contributed by atoms with Gasteiger partial charge in [-0.25, -0.2) is 0 Å². The van der Waals surface area contributed by atoms with Crippen LogP contribution in [0.1, 0.15) is 20.8 Å². The summed E-state index contributed by atoms with van der Waals surface area (Å²) in [5.41, 5.74) is -0.446. The Morgan fingerprint density at radius 3 is 2.23 bits per heavy atom. The molecular weight excluding hydrogens is 172 g/mol. The van der Waals surface area contributed by atoms with Crippen molar-refractivity contribution < 1.29 is 19.4 Å². The molecule has 1 aliphatic carbocycles. The van der Waals surface area contributed by atoms with Crippen molar-refractivity contribution in [1.82, 2.24) is 0 Å². The Morgan fingerprint density at radius 1 is 1.38 bits per heavy atom. The van der Waals surface area contributed by atoms with Crippen molar-refractivity contribution in [2.24, 2.45) is 17.3 Å². The van der Waals surface area contributed by atoms with Gasteiger partial charge >= 0.3 is 11.9 Å². The molecule has 0 unspecified atom stereocenters. The number of carboxylic acid groups (broad SMARTS) is 1. The van der Waals surface area contributed by atoms with Gasteiger partial charge in [-0.3, -0.25) is 9.59 Å². The maximum Gasteiger partial charge on any atom is 0.310 e. The SMILES string of the molecule is CCOC(=O)[C@H]1[C@H](C(=O)O)C1(C)C. The second kappa shape index (κ2) is 3.01. The van der Waals surface area contributed by atoms with Crippen LogP contribution in [-0.4, -0.2) is 23.7 Å². The highest BCUT2D eigenvalue weighted by molar-refractivity contribution is 5.88. The molecule has 0 aliphatic heterocycles. The van der Waals surface area contributed by atoms with Crippen molar-refractivity contribution in [3.8, 4) is 0 Å². The van der Waals surface area contributed by atoms with E-state index in [9.17, 15) is 9.59 Å². The molecule has 0 aromatic rings. The summed E-state index contributed by atoms with van der Waals surface area (Å²) in [5.74, 6) is -2.35. The molecule has 1 aliphatic rings. The lowest BCUT2D eigenvalue weighted by molar-refractivity contribution is -0.148. The number of carboxylic acids is 1. The van der Waals surface area contributed by atoms with Gasteiger partial charge in [0.2, 0.25) is 0 Å². The van der Waals surface area contributed by atoms with Crippen LogP contribution in [0.5, 0.6) is 0 Å². The van der Waals surface area contributed by atoms with Gasteiger partial charge in [-0.05, 0) is 12.3 Å². The molecule has 0 heterocycles. The van der Waals surface area contributed by atoms with Gasteiger partial charge in [0.1, 0.15) is 0 Å². The van der Waals surface area contributed by atoms with Crippen LogP contribution in [0.2, 0.25) is 0 Å². The Hall–Kier alpha value is -1.06. The molecular formula is C9H14O4. The Labute approximate surface area is 76.9 Å². The minimum atomic E-state index is -0.914. The second-order valence-corrected chi connectivity index (χ2v) is 3.87. The van der Waals surface area contributed by atoms with E-state index in [-0.39, 0.29) is 5.97 Å². The number of aliphatic carboxylic acids is 1. The van der Waals surface area contributed by atoms with E-state index in [1.807, 2.05) is 0 Å². The molecule has 1 fully saturated rings. The number of hydrogen-bond acceptors (Lipinski definition) is 3. The first-order chi connectivity index (χ1) is 5.92. The Kier molecular flexibility index (Phi) is 2.32. The summed E-state index contributed by atoms with van der Waals surface area (Å²) in [4.78, 5) is 21.9. The number of ether oxygens (including phenoxy) is 1. The van der Waals surface area contributed by atoms with Crippen molar-refractivity contribution in [3.05, 3.63) is 0 Å². The highest BCUT2D eigenvalue weighted by Crippen LogP contribution is 2.58. The summed E-state index contributed by atoms with van der Waals surface area (Å²) < 4.78 is 4.78. The summed E-state index contributed by atoms with van der Waals surface area (Å²) in [5, 5.41) is 8.77. The van der Waals surface area contributed by atoms with Gasteiger partial charge in [0, 0.05) is 0 Å². The molecule has 2 atom stereocenters. The minimum absolute atomic E-state index is 0.303. The second-order valence-electron chi connectivity index (χ2n) is 3.87. The summed E-state index contributed by atoms with van der Waals surface area (Å²) in [6, 6.07) is 0. The van der Waals surface area contributed by atoms with Gasteiger partial charge in [-0.15, -0.1) is 0 Å². The number of hydrogen-bond donors (Lipinski definition) is 1. The number of rotatable bonds is 3. The molecule has 4 heteroatoms. The molecule has 0 saturated heterocycles. The van der Waals surface area contributed by atoms with Crippen LogP contribution in [0.15, 0.2) is 0 Å². The van der Waals surface area contributed by atoms with Crippen molar-refractivity contribution in [2.45, 2.75) is 20.8 Å². The van der Waals surface area contributed by atoms with E-state index in [4.69, 9.17) is 9.84 Å². The van der Waals surface area contributed by atoms with Crippen LogP contribution in [0.3, 0.4) is 0 Å². The van der Waals surface area contributed by atoms with Crippen molar-refractivity contribution in [1.29, 1.82) is 0 Å². The maximum absolute atomic E-state index is 11.3. The van der Waals surface area contributed by atoms with Gasteiger partial charge < -0.3 is 9.84 Å². The topological polar surface area (TPSA) is 63.6 Å².